The molecule has 0 aliphatic carbocycles. The first kappa shape index (κ1) is 13.9. The number of hydrogen-bond acceptors (Lipinski definition) is 3. The summed E-state index contributed by atoms with van der Waals surface area (Å²) in [6, 6.07) is 2.16. The Morgan fingerprint density at radius 1 is 1.53 bits per heavy atom. The van der Waals surface area contributed by atoms with E-state index in [1.54, 1.807) is 12.2 Å². The van der Waals surface area contributed by atoms with E-state index >= 15 is 0 Å². The Balaban J connectivity index is 2.18. The second-order valence-electron chi connectivity index (χ2n) is 4.52. The van der Waals surface area contributed by atoms with Gasteiger partial charge >= 0.3 is 0 Å². The van der Waals surface area contributed by atoms with E-state index in [-0.39, 0.29) is 6.04 Å². The maximum absolute atomic E-state index is 9.45. The van der Waals surface area contributed by atoms with Gasteiger partial charge in [0.2, 0.25) is 0 Å². The SMILES string of the molecule is C=C/C=C(\C=C)C(C#N)N1CCC2=C(C=CCS2)C1. The quantitative estimate of drug-likeness (QED) is 0.732. The summed E-state index contributed by atoms with van der Waals surface area (Å²) in [6.07, 6.45) is 10.8. The van der Waals surface area contributed by atoms with Gasteiger partial charge in [-0.05, 0) is 22.5 Å². The van der Waals surface area contributed by atoms with E-state index in [1.807, 2.05) is 17.8 Å². The van der Waals surface area contributed by atoms with Crippen LogP contribution in [0.5, 0.6) is 0 Å². The van der Waals surface area contributed by atoms with E-state index in [9.17, 15) is 5.26 Å². The van der Waals surface area contributed by atoms with Gasteiger partial charge in [-0.1, -0.05) is 43.5 Å². The summed E-state index contributed by atoms with van der Waals surface area (Å²) >= 11 is 1.93. The Morgan fingerprint density at radius 2 is 2.37 bits per heavy atom. The van der Waals surface area contributed by atoms with Gasteiger partial charge in [-0.2, -0.15) is 5.26 Å². The third-order valence-electron chi connectivity index (χ3n) is 3.38. The monoisotopic (exact) mass is 270 g/mol. The molecule has 0 N–H and O–H groups in total. The summed E-state index contributed by atoms with van der Waals surface area (Å²) in [6.45, 7) is 9.28. The van der Waals surface area contributed by atoms with Crippen LogP contribution in [0.4, 0.5) is 0 Å². The molecule has 2 aliphatic heterocycles. The van der Waals surface area contributed by atoms with Crippen molar-refractivity contribution >= 4 is 11.8 Å². The van der Waals surface area contributed by atoms with Gasteiger partial charge < -0.3 is 0 Å². The summed E-state index contributed by atoms with van der Waals surface area (Å²) in [5, 5.41) is 9.45. The summed E-state index contributed by atoms with van der Waals surface area (Å²) in [7, 11) is 0. The van der Waals surface area contributed by atoms with Crippen molar-refractivity contribution in [1.29, 1.82) is 5.26 Å². The topological polar surface area (TPSA) is 27.0 Å². The Morgan fingerprint density at radius 3 is 3.05 bits per heavy atom. The number of hydrogen-bond donors (Lipinski definition) is 0. The molecule has 0 aromatic heterocycles. The van der Waals surface area contributed by atoms with Crippen LogP contribution in [-0.4, -0.2) is 29.8 Å². The maximum Gasteiger partial charge on any atom is 0.124 e. The van der Waals surface area contributed by atoms with E-state index in [4.69, 9.17) is 0 Å². The highest BCUT2D eigenvalue weighted by atomic mass is 32.2. The van der Waals surface area contributed by atoms with E-state index in [0.717, 1.165) is 30.8 Å². The standard InChI is InChI=1S/C16H18N2S/c1-3-6-13(4-2)15(11-17)18-9-8-16-14(12-18)7-5-10-19-16/h3-7,15H,1-2,8-10,12H2/b13-6+. The third-order valence-corrected chi connectivity index (χ3v) is 4.55. The molecule has 98 valence electrons. The Hall–Kier alpha value is -1.50. The molecule has 3 heteroatoms. The minimum atomic E-state index is -0.232. The Labute approximate surface area is 119 Å². The fourth-order valence-electron chi connectivity index (χ4n) is 2.44. The van der Waals surface area contributed by atoms with Gasteiger partial charge in [-0.25, -0.2) is 0 Å². The Kier molecular flexibility index (Phi) is 4.84. The fraction of sp³-hybridized carbons (Fsp3) is 0.312. The lowest BCUT2D eigenvalue weighted by Gasteiger charge is -2.34. The van der Waals surface area contributed by atoms with Crippen LogP contribution in [0.25, 0.3) is 0 Å². The zero-order valence-electron chi connectivity index (χ0n) is 11.0. The highest BCUT2D eigenvalue weighted by Crippen LogP contribution is 2.33. The van der Waals surface area contributed by atoms with Gasteiger partial charge in [-0.3, -0.25) is 4.90 Å². The summed E-state index contributed by atoms with van der Waals surface area (Å²) in [5.74, 6) is 1.08. The number of nitriles is 1. The number of nitrogens with zero attached hydrogens (tertiary/aromatic N) is 2. The highest BCUT2D eigenvalue weighted by molar-refractivity contribution is 8.03. The molecular formula is C16H18N2S. The largest absolute Gasteiger partial charge is 0.280 e. The van der Waals surface area contributed by atoms with Crippen LogP contribution in [-0.2, 0) is 0 Å². The third kappa shape index (κ3) is 3.09. The van der Waals surface area contributed by atoms with Gasteiger partial charge in [0.25, 0.3) is 0 Å². The molecular weight excluding hydrogens is 252 g/mol. The molecule has 0 saturated heterocycles. The number of rotatable bonds is 4. The predicted molar refractivity (Wildman–Crippen MR) is 82.7 cm³/mol. The second-order valence-corrected chi connectivity index (χ2v) is 5.64. The predicted octanol–water partition coefficient (Wildman–Crippen LogP) is 3.44. The normalized spacial score (nSPS) is 21.5. The van der Waals surface area contributed by atoms with Crippen molar-refractivity contribution in [3.05, 3.63) is 59.6 Å². The highest BCUT2D eigenvalue weighted by Gasteiger charge is 2.26. The average molecular weight is 270 g/mol. The van der Waals surface area contributed by atoms with Crippen LogP contribution in [0.15, 0.2) is 59.6 Å². The minimum absolute atomic E-state index is 0.232. The van der Waals surface area contributed by atoms with Crippen molar-refractivity contribution in [2.75, 3.05) is 18.8 Å². The molecule has 0 spiro atoms. The zero-order chi connectivity index (χ0) is 13.7. The molecule has 0 amide bonds. The van der Waals surface area contributed by atoms with Crippen molar-refractivity contribution in [1.82, 2.24) is 4.90 Å². The average Bonchev–Trinajstić information content (AvgIpc) is 2.47. The van der Waals surface area contributed by atoms with Gasteiger partial charge in [0.1, 0.15) is 6.04 Å². The number of thioether (sulfide) groups is 1. The van der Waals surface area contributed by atoms with Crippen LogP contribution < -0.4 is 0 Å². The van der Waals surface area contributed by atoms with Crippen LogP contribution in [0, 0.1) is 11.3 Å². The van der Waals surface area contributed by atoms with E-state index in [0.29, 0.717) is 0 Å². The minimum Gasteiger partial charge on any atom is -0.280 e. The van der Waals surface area contributed by atoms with Crippen LogP contribution >= 0.6 is 11.8 Å². The molecule has 1 unspecified atom stereocenters. The van der Waals surface area contributed by atoms with Crippen molar-refractivity contribution in [3.63, 3.8) is 0 Å². The molecule has 2 rings (SSSR count). The lowest BCUT2D eigenvalue weighted by molar-refractivity contribution is 0.275. The first-order chi connectivity index (χ1) is 9.30. The van der Waals surface area contributed by atoms with Gasteiger partial charge in [0, 0.05) is 18.8 Å². The van der Waals surface area contributed by atoms with Crippen molar-refractivity contribution < 1.29 is 0 Å². The molecule has 0 aromatic carbocycles. The van der Waals surface area contributed by atoms with E-state index in [1.165, 1.54) is 10.5 Å². The summed E-state index contributed by atoms with van der Waals surface area (Å²) < 4.78 is 0. The lowest BCUT2D eigenvalue weighted by Crippen LogP contribution is -2.40. The maximum atomic E-state index is 9.45. The molecule has 2 heterocycles. The van der Waals surface area contributed by atoms with Gasteiger partial charge in [0.15, 0.2) is 0 Å². The first-order valence-corrected chi connectivity index (χ1v) is 7.38. The van der Waals surface area contributed by atoms with Crippen molar-refractivity contribution in [2.45, 2.75) is 12.5 Å². The van der Waals surface area contributed by atoms with E-state index < -0.39 is 0 Å². The van der Waals surface area contributed by atoms with Crippen LogP contribution in [0.2, 0.25) is 0 Å². The molecule has 0 saturated carbocycles. The molecule has 0 bridgehead atoms. The van der Waals surface area contributed by atoms with Crippen molar-refractivity contribution in [3.8, 4) is 6.07 Å². The molecule has 0 fully saturated rings. The van der Waals surface area contributed by atoms with Crippen LogP contribution in [0.1, 0.15) is 6.42 Å². The zero-order valence-corrected chi connectivity index (χ0v) is 11.8. The Bertz CT molecular complexity index is 505. The molecule has 1 atom stereocenters. The second kappa shape index (κ2) is 6.60. The molecule has 0 aromatic rings. The number of allylic oxidation sites excluding steroid dienone is 2. The fourth-order valence-corrected chi connectivity index (χ4v) is 3.38. The lowest BCUT2D eigenvalue weighted by atomic mass is 10.0. The first-order valence-electron chi connectivity index (χ1n) is 6.40. The summed E-state index contributed by atoms with van der Waals surface area (Å²) in [5.41, 5.74) is 2.29. The van der Waals surface area contributed by atoms with Gasteiger partial charge in [-0.15, -0.1) is 11.8 Å². The summed E-state index contributed by atoms with van der Waals surface area (Å²) in [4.78, 5) is 3.70. The molecule has 19 heavy (non-hydrogen) atoms. The van der Waals surface area contributed by atoms with E-state index in [2.05, 4.69) is 36.3 Å². The van der Waals surface area contributed by atoms with Crippen molar-refractivity contribution in [2.24, 2.45) is 0 Å². The van der Waals surface area contributed by atoms with Gasteiger partial charge in [0.05, 0.1) is 6.07 Å². The molecule has 2 aliphatic rings. The molecule has 0 radical (unpaired) electrons. The molecule has 2 nitrogen and oxygen atoms in total. The smallest absolute Gasteiger partial charge is 0.124 e. The van der Waals surface area contributed by atoms with Crippen LogP contribution in [0.3, 0.4) is 0 Å².